The average molecular weight is 222 g/mol. The van der Waals surface area contributed by atoms with Crippen molar-refractivity contribution < 1.29 is 0 Å². The summed E-state index contributed by atoms with van der Waals surface area (Å²) < 4.78 is 0. The molecule has 2 rings (SSSR count). The lowest BCUT2D eigenvalue weighted by Crippen LogP contribution is -2.33. The standard InChI is InChI=1S/C16H30/c1-14-10-6-5-9-13-16(14,2)15-11-7-3-4-8-12-15/h14-15H,3-13H2,1-2H3. The van der Waals surface area contributed by atoms with Crippen LogP contribution in [0.25, 0.3) is 0 Å². The predicted octanol–water partition coefficient (Wildman–Crippen LogP) is 5.56. The van der Waals surface area contributed by atoms with Gasteiger partial charge in [0.2, 0.25) is 0 Å². The van der Waals surface area contributed by atoms with Crippen LogP contribution < -0.4 is 0 Å². The van der Waals surface area contributed by atoms with E-state index >= 15 is 0 Å². The Hall–Kier alpha value is 0. The molecule has 2 aliphatic rings. The lowest BCUT2D eigenvalue weighted by Gasteiger charge is -2.42. The first kappa shape index (κ1) is 12.5. The Balaban J connectivity index is 2.06. The summed E-state index contributed by atoms with van der Waals surface area (Å²) in [6, 6.07) is 0. The molecule has 0 heteroatoms. The highest BCUT2D eigenvalue weighted by Gasteiger charge is 2.39. The first-order valence-corrected chi connectivity index (χ1v) is 7.73. The molecule has 2 saturated carbocycles. The molecule has 2 unspecified atom stereocenters. The normalized spacial score (nSPS) is 39.0. The second-order valence-corrected chi connectivity index (χ2v) is 6.69. The molecular formula is C16H30. The third-order valence-corrected chi connectivity index (χ3v) is 5.77. The summed E-state index contributed by atoms with van der Waals surface area (Å²) in [5.74, 6) is 2.01. The van der Waals surface area contributed by atoms with Crippen LogP contribution in [0, 0.1) is 17.3 Å². The zero-order valence-corrected chi connectivity index (χ0v) is 11.4. The van der Waals surface area contributed by atoms with E-state index in [1.54, 1.807) is 0 Å². The second kappa shape index (κ2) is 5.56. The Labute approximate surface area is 102 Å². The minimum atomic E-state index is 0.681. The maximum atomic E-state index is 2.62. The van der Waals surface area contributed by atoms with Gasteiger partial charge in [-0.2, -0.15) is 0 Å². The SMILES string of the molecule is CC1CCCCCC1(C)C1CCCCCC1. The molecule has 94 valence electrons. The molecule has 0 bridgehead atoms. The molecule has 0 aromatic carbocycles. The summed E-state index contributed by atoms with van der Waals surface area (Å²) in [6.45, 7) is 5.16. The van der Waals surface area contributed by atoms with Gasteiger partial charge >= 0.3 is 0 Å². The van der Waals surface area contributed by atoms with Gasteiger partial charge in [0.15, 0.2) is 0 Å². The number of hydrogen-bond donors (Lipinski definition) is 0. The van der Waals surface area contributed by atoms with Gasteiger partial charge in [-0.05, 0) is 36.5 Å². The number of rotatable bonds is 1. The van der Waals surface area contributed by atoms with Crippen molar-refractivity contribution in [2.75, 3.05) is 0 Å². The van der Waals surface area contributed by atoms with Crippen molar-refractivity contribution >= 4 is 0 Å². The maximum Gasteiger partial charge on any atom is -0.0272 e. The van der Waals surface area contributed by atoms with E-state index in [0.29, 0.717) is 5.41 Å². The Morgan fingerprint density at radius 3 is 2.00 bits per heavy atom. The van der Waals surface area contributed by atoms with Crippen LogP contribution in [0.2, 0.25) is 0 Å². The summed E-state index contributed by atoms with van der Waals surface area (Å²) in [4.78, 5) is 0. The molecule has 0 radical (unpaired) electrons. The van der Waals surface area contributed by atoms with Gasteiger partial charge in [0.25, 0.3) is 0 Å². The van der Waals surface area contributed by atoms with Crippen molar-refractivity contribution in [3.05, 3.63) is 0 Å². The van der Waals surface area contributed by atoms with E-state index in [1.165, 1.54) is 70.6 Å². The van der Waals surface area contributed by atoms with Crippen LogP contribution in [-0.2, 0) is 0 Å². The molecule has 0 saturated heterocycles. The smallest absolute Gasteiger partial charge is 0.0272 e. The van der Waals surface area contributed by atoms with Crippen LogP contribution in [0.5, 0.6) is 0 Å². The van der Waals surface area contributed by atoms with Gasteiger partial charge in [-0.25, -0.2) is 0 Å². The van der Waals surface area contributed by atoms with Crippen LogP contribution in [0.1, 0.15) is 84.5 Å². The largest absolute Gasteiger partial charge is 0.0620 e. The fraction of sp³-hybridized carbons (Fsp3) is 1.00. The molecule has 2 atom stereocenters. The maximum absolute atomic E-state index is 2.62. The minimum absolute atomic E-state index is 0.681. The molecule has 0 aliphatic heterocycles. The van der Waals surface area contributed by atoms with Crippen molar-refractivity contribution in [2.45, 2.75) is 84.5 Å². The lowest BCUT2D eigenvalue weighted by atomic mass is 9.63. The van der Waals surface area contributed by atoms with E-state index in [-0.39, 0.29) is 0 Å². The zero-order valence-electron chi connectivity index (χ0n) is 11.4. The molecule has 2 fully saturated rings. The Bertz CT molecular complexity index is 200. The third kappa shape index (κ3) is 2.63. The van der Waals surface area contributed by atoms with Gasteiger partial charge in [0, 0.05) is 0 Å². The number of hydrogen-bond acceptors (Lipinski definition) is 0. The Kier molecular flexibility index (Phi) is 4.33. The molecule has 0 aromatic heterocycles. The van der Waals surface area contributed by atoms with Gasteiger partial charge in [0.1, 0.15) is 0 Å². The summed E-state index contributed by atoms with van der Waals surface area (Å²) in [7, 11) is 0. The second-order valence-electron chi connectivity index (χ2n) is 6.69. The van der Waals surface area contributed by atoms with E-state index in [1.807, 2.05) is 0 Å². The topological polar surface area (TPSA) is 0 Å². The van der Waals surface area contributed by atoms with E-state index in [0.717, 1.165) is 11.8 Å². The van der Waals surface area contributed by atoms with Crippen LogP contribution in [0.4, 0.5) is 0 Å². The van der Waals surface area contributed by atoms with Crippen molar-refractivity contribution in [1.82, 2.24) is 0 Å². The van der Waals surface area contributed by atoms with Gasteiger partial charge in [-0.15, -0.1) is 0 Å². The fourth-order valence-corrected chi connectivity index (χ4v) is 4.25. The molecule has 0 nitrogen and oxygen atoms in total. The molecule has 0 spiro atoms. The molecule has 16 heavy (non-hydrogen) atoms. The first-order chi connectivity index (χ1) is 7.73. The highest BCUT2D eigenvalue weighted by atomic mass is 14.4. The third-order valence-electron chi connectivity index (χ3n) is 5.77. The first-order valence-electron chi connectivity index (χ1n) is 7.73. The minimum Gasteiger partial charge on any atom is -0.0620 e. The average Bonchev–Trinajstić information content (AvgIpc) is 2.63. The van der Waals surface area contributed by atoms with Crippen molar-refractivity contribution in [1.29, 1.82) is 0 Å². The zero-order chi connectivity index (χ0) is 11.4. The fourth-order valence-electron chi connectivity index (χ4n) is 4.25. The summed E-state index contributed by atoms with van der Waals surface area (Å²) in [5.41, 5.74) is 0.681. The van der Waals surface area contributed by atoms with Crippen molar-refractivity contribution in [3.63, 3.8) is 0 Å². The summed E-state index contributed by atoms with van der Waals surface area (Å²) in [6.07, 6.45) is 16.6. The van der Waals surface area contributed by atoms with Crippen LogP contribution in [-0.4, -0.2) is 0 Å². The Morgan fingerprint density at radius 1 is 0.750 bits per heavy atom. The van der Waals surface area contributed by atoms with E-state index < -0.39 is 0 Å². The monoisotopic (exact) mass is 222 g/mol. The molecule has 0 aromatic rings. The predicted molar refractivity (Wildman–Crippen MR) is 71.5 cm³/mol. The van der Waals surface area contributed by atoms with E-state index in [4.69, 9.17) is 0 Å². The lowest BCUT2D eigenvalue weighted by molar-refractivity contribution is 0.0797. The van der Waals surface area contributed by atoms with Gasteiger partial charge in [-0.3, -0.25) is 0 Å². The van der Waals surface area contributed by atoms with Gasteiger partial charge in [-0.1, -0.05) is 65.2 Å². The Morgan fingerprint density at radius 2 is 1.31 bits per heavy atom. The molecule has 2 aliphatic carbocycles. The van der Waals surface area contributed by atoms with Crippen LogP contribution >= 0.6 is 0 Å². The highest BCUT2D eigenvalue weighted by Crippen LogP contribution is 2.49. The quantitative estimate of drug-likeness (QED) is 0.509. The highest BCUT2D eigenvalue weighted by molar-refractivity contribution is 4.89. The van der Waals surface area contributed by atoms with Crippen LogP contribution in [0.3, 0.4) is 0 Å². The molecule has 0 N–H and O–H groups in total. The van der Waals surface area contributed by atoms with Crippen LogP contribution in [0.15, 0.2) is 0 Å². The van der Waals surface area contributed by atoms with E-state index in [2.05, 4.69) is 13.8 Å². The summed E-state index contributed by atoms with van der Waals surface area (Å²) in [5, 5.41) is 0. The van der Waals surface area contributed by atoms with Gasteiger partial charge in [0.05, 0.1) is 0 Å². The van der Waals surface area contributed by atoms with Crippen molar-refractivity contribution in [2.24, 2.45) is 17.3 Å². The molecule has 0 amide bonds. The van der Waals surface area contributed by atoms with Crippen molar-refractivity contribution in [3.8, 4) is 0 Å². The molecular weight excluding hydrogens is 192 g/mol. The van der Waals surface area contributed by atoms with E-state index in [9.17, 15) is 0 Å². The summed E-state index contributed by atoms with van der Waals surface area (Å²) >= 11 is 0. The molecule has 0 heterocycles. The van der Waals surface area contributed by atoms with Gasteiger partial charge < -0.3 is 0 Å².